The zero-order valence-electron chi connectivity index (χ0n) is 11.8. The van der Waals surface area contributed by atoms with Crippen molar-refractivity contribution >= 4 is 22.6 Å². The number of rotatable bonds is 2. The van der Waals surface area contributed by atoms with E-state index in [1.807, 2.05) is 30.5 Å². The Labute approximate surface area is 118 Å². The highest BCUT2D eigenvalue weighted by Crippen LogP contribution is 2.25. The van der Waals surface area contributed by atoms with Crippen molar-refractivity contribution in [1.82, 2.24) is 10.3 Å². The van der Waals surface area contributed by atoms with Crippen LogP contribution in [0, 0.1) is 5.92 Å². The number of nitrogens with one attached hydrogen (secondary N) is 3. The second-order valence-corrected chi connectivity index (χ2v) is 5.71. The molecule has 2 atom stereocenters. The molecule has 0 saturated heterocycles. The summed E-state index contributed by atoms with van der Waals surface area (Å²) in [5.74, 6) is 0.567. The van der Waals surface area contributed by atoms with Crippen molar-refractivity contribution in [2.45, 2.75) is 38.6 Å². The van der Waals surface area contributed by atoms with E-state index in [0.29, 0.717) is 12.0 Å². The van der Waals surface area contributed by atoms with Gasteiger partial charge in [-0.25, -0.2) is 4.79 Å². The first-order valence-corrected chi connectivity index (χ1v) is 7.37. The van der Waals surface area contributed by atoms with Gasteiger partial charge in [-0.2, -0.15) is 0 Å². The number of H-pyrrole nitrogens is 1. The molecule has 3 rings (SSSR count). The normalized spacial score (nSPS) is 22.6. The lowest BCUT2D eigenvalue weighted by Crippen LogP contribution is -2.43. The van der Waals surface area contributed by atoms with E-state index < -0.39 is 0 Å². The number of fused-ring (bicyclic) bond motifs is 1. The molecule has 20 heavy (non-hydrogen) atoms. The van der Waals surface area contributed by atoms with E-state index in [-0.39, 0.29) is 6.03 Å². The van der Waals surface area contributed by atoms with Crippen molar-refractivity contribution in [1.29, 1.82) is 0 Å². The van der Waals surface area contributed by atoms with Crippen LogP contribution in [0.5, 0.6) is 0 Å². The highest BCUT2D eigenvalue weighted by Gasteiger charge is 2.22. The molecular formula is C16H21N3O. The molecule has 2 aromatic rings. The second kappa shape index (κ2) is 5.57. The molecule has 0 aliphatic heterocycles. The molecule has 4 nitrogen and oxygen atoms in total. The van der Waals surface area contributed by atoms with Crippen LogP contribution in [0.2, 0.25) is 0 Å². The van der Waals surface area contributed by atoms with Crippen LogP contribution in [0.25, 0.3) is 10.9 Å². The lowest BCUT2D eigenvalue weighted by molar-refractivity contribution is 0.232. The van der Waals surface area contributed by atoms with E-state index in [2.05, 4.69) is 22.5 Å². The number of urea groups is 1. The molecule has 0 spiro atoms. The standard InChI is InChI=1S/C16H21N3O/c1-11-5-2-3-6-13(11)18-16(20)19-15-8-4-7-14-12(15)9-10-17-14/h4,7-11,13,17H,2-3,5-6H2,1H3,(H2,18,19,20). The van der Waals surface area contributed by atoms with E-state index in [1.165, 1.54) is 19.3 Å². The van der Waals surface area contributed by atoms with Crippen molar-refractivity contribution in [3.05, 3.63) is 30.5 Å². The van der Waals surface area contributed by atoms with Crippen LogP contribution in [0.3, 0.4) is 0 Å². The van der Waals surface area contributed by atoms with Gasteiger partial charge in [-0.15, -0.1) is 0 Å². The fourth-order valence-electron chi connectivity index (χ4n) is 3.05. The Morgan fingerprint density at radius 2 is 2.10 bits per heavy atom. The van der Waals surface area contributed by atoms with Gasteiger partial charge in [-0.3, -0.25) is 0 Å². The van der Waals surface area contributed by atoms with E-state index in [0.717, 1.165) is 23.0 Å². The summed E-state index contributed by atoms with van der Waals surface area (Å²) in [6, 6.07) is 8.06. The summed E-state index contributed by atoms with van der Waals surface area (Å²) in [6.45, 7) is 2.22. The summed E-state index contributed by atoms with van der Waals surface area (Å²) in [5.41, 5.74) is 1.89. The molecule has 4 heteroatoms. The monoisotopic (exact) mass is 271 g/mol. The third-order valence-corrected chi connectivity index (χ3v) is 4.27. The first-order valence-electron chi connectivity index (χ1n) is 7.37. The number of aromatic nitrogens is 1. The molecule has 1 aromatic heterocycles. The summed E-state index contributed by atoms with van der Waals surface area (Å²) in [6.07, 6.45) is 6.67. The third-order valence-electron chi connectivity index (χ3n) is 4.27. The number of carbonyl (C=O) groups is 1. The average Bonchev–Trinajstić information content (AvgIpc) is 2.91. The number of aromatic amines is 1. The molecule has 0 bridgehead atoms. The Morgan fingerprint density at radius 3 is 2.95 bits per heavy atom. The average molecular weight is 271 g/mol. The Bertz CT molecular complexity index is 605. The summed E-state index contributed by atoms with van der Waals surface area (Å²) < 4.78 is 0. The molecule has 1 aliphatic carbocycles. The van der Waals surface area contributed by atoms with Crippen LogP contribution in [-0.2, 0) is 0 Å². The van der Waals surface area contributed by atoms with Crippen molar-refractivity contribution < 1.29 is 4.79 Å². The van der Waals surface area contributed by atoms with Crippen LogP contribution >= 0.6 is 0 Å². The highest BCUT2D eigenvalue weighted by molar-refractivity contribution is 6.00. The number of hydrogen-bond acceptors (Lipinski definition) is 1. The van der Waals surface area contributed by atoms with Gasteiger partial charge in [0.1, 0.15) is 0 Å². The summed E-state index contributed by atoms with van der Waals surface area (Å²) in [4.78, 5) is 15.3. The topological polar surface area (TPSA) is 56.9 Å². The fraction of sp³-hybridized carbons (Fsp3) is 0.438. The van der Waals surface area contributed by atoms with Crippen molar-refractivity contribution in [3.63, 3.8) is 0 Å². The number of benzene rings is 1. The molecule has 1 aromatic carbocycles. The fourth-order valence-corrected chi connectivity index (χ4v) is 3.05. The maximum absolute atomic E-state index is 12.2. The van der Waals surface area contributed by atoms with E-state index in [9.17, 15) is 4.79 Å². The highest BCUT2D eigenvalue weighted by atomic mass is 16.2. The maximum atomic E-state index is 12.2. The lowest BCUT2D eigenvalue weighted by atomic mass is 9.86. The smallest absolute Gasteiger partial charge is 0.319 e. The van der Waals surface area contributed by atoms with E-state index in [4.69, 9.17) is 0 Å². The van der Waals surface area contributed by atoms with Crippen LogP contribution in [0.15, 0.2) is 30.5 Å². The van der Waals surface area contributed by atoms with Crippen LogP contribution < -0.4 is 10.6 Å². The maximum Gasteiger partial charge on any atom is 0.319 e. The molecule has 2 unspecified atom stereocenters. The molecular weight excluding hydrogens is 250 g/mol. The summed E-state index contributed by atoms with van der Waals surface area (Å²) in [7, 11) is 0. The SMILES string of the molecule is CC1CCCCC1NC(=O)Nc1cccc2[nH]ccc12. The van der Waals surface area contributed by atoms with Crippen LogP contribution in [0.4, 0.5) is 10.5 Å². The van der Waals surface area contributed by atoms with Gasteiger partial charge in [0.05, 0.1) is 5.69 Å². The van der Waals surface area contributed by atoms with Gasteiger partial charge >= 0.3 is 6.03 Å². The van der Waals surface area contributed by atoms with E-state index in [1.54, 1.807) is 0 Å². The molecule has 1 aliphatic rings. The quantitative estimate of drug-likeness (QED) is 0.763. The number of carbonyl (C=O) groups excluding carboxylic acids is 1. The Kier molecular flexibility index (Phi) is 3.63. The first-order chi connectivity index (χ1) is 9.74. The second-order valence-electron chi connectivity index (χ2n) is 5.71. The van der Waals surface area contributed by atoms with E-state index >= 15 is 0 Å². The molecule has 1 fully saturated rings. The molecule has 0 radical (unpaired) electrons. The van der Waals surface area contributed by atoms with Gasteiger partial charge in [-0.05, 0) is 37.0 Å². The molecule has 106 valence electrons. The summed E-state index contributed by atoms with van der Waals surface area (Å²) >= 11 is 0. The minimum absolute atomic E-state index is 0.0996. The zero-order valence-corrected chi connectivity index (χ0v) is 11.8. The van der Waals surface area contributed by atoms with Gasteiger partial charge in [0.15, 0.2) is 0 Å². The third kappa shape index (κ3) is 2.64. The largest absolute Gasteiger partial charge is 0.361 e. The minimum Gasteiger partial charge on any atom is -0.361 e. The predicted molar refractivity (Wildman–Crippen MR) is 81.9 cm³/mol. The van der Waals surface area contributed by atoms with Gasteiger partial charge in [0, 0.05) is 23.1 Å². The lowest BCUT2D eigenvalue weighted by Gasteiger charge is -2.29. The van der Waals surface area contributed by atoms with Gasteiger partial charge in [0.2, 0.25) is 0 Å². The van der Waals surface area contributed by atoms with Crippen molar-refractivity contribution in [2.75, 3.05) is 5.32 Å². The Morgan fingerprint density at radius 1 is 1.25 bits per heavy atom. The minimum atomic E-state index is -0.0996. The Balaban J connectivity index is 1.68. The summed E-state index contributed by atoms with van der Waals surface area (Å²) in [5, 5.41) is 7.12. The van der Waals surface area contributed by atoms with Crippen molar-refractivity contribution in [3.8, 4) is 0 Å². The zero-order chi connectivity index (χ0) is 13.9. The number of hydrogen-bond donors (Lipinski definition) is 3. The van der Waals surface area contributed by atoms with Crippen molar-refractivity contribution in [2.24, 2.45) is 5.92 Å². The molecule has 1 heterocycles. The number of amides is 2. The van der Waals surface area contributed by atoms with Gasteiger partial charge < -0.3 is 15.6 Å². The predicted octanol–water partition coefficient (Wildman–Crippen LogP) is 3.87. The molecule has 1 saturated carbocycles. The Hall–Kier alpha value is -1.97. The molecule has 2 amide bonds. The number of anilines is 1. The van der Waals surface area contributed by atoms with Gasteiger partial charge in [-0.1, -0.05) is 25.8 Å². The van der Waals surface area contributed by atoms with Crippen LogP contribution in [-0.4, -0.2) is 17.1 Å². The van der Waals surface area contributed by atoms with Gasteiger partial charge in [0.25, 0.3) is 0 Å². The van der Waals surface area contributed by atoms with Crippen LogP contribution in [0.1, 0.15) is 32.6 Å². The molecule has 3 N–H and O–H groups in total. The first kappa shape index (κ1) is 13.0.